The van der Waals surface area contributed by atoms with E-state index in [-0.39, 0.29) is 21.3 Å². The quantitative estimate of drug-likeness (QED) is 0.456. The van der Waals surface area contributed by atoms with Gasteiger partial charge in [0.15, 0.2) is 0 Å². The molecule has 0 unspecified atom stereocenters. The summed E-state index contributed by atoms with van der Waals surface area (Å²) < 4.78 is 56.3. The molecule has 3 aromatic rings. The molecule has 1 heterocycles. The highest BCUT2D eigenvalue weighted by molar-refractivity contribution is 9.10. The van der Waals surface area contributed by atoms with E-state index in [1.165, 1.54) is 24.3 Å². The van der Waals surface area contributed by atoms with E-state index in [0.29, 0.717) is 30.5 Å². The molecule has 0 spiro atoms. The average Bonchev–Trinajstić information content (AvgIpc) is 3.12. The van der Waals surface area contributed by atoms with Gasteiger partial charge in [0.05, 0.1) is 28.1 Å². The number of hydrogen-bond donors (Lipinski definition) is 1. The van der Waals surface area contributed by atoms with Crippen LogP contribution in [0.1, 0.15) is 50.4 Å². The van der Waals surface area contributed by atoms with Crippen molar-refractivity contribution in [2.45, 2.75) is 31.9 Å². The number of carboxylic acid groups (broad SMARTS) is 1. The number of aromatic nitrogens is 2. The number of alkyl halides is 3. The summed E-state index contributed by atoms with van der Waals surface area (Å²) in [6.45, 7) is 0. The molecule has 32 heavy (non-hydrogen) atoms. The first-order chi connectivity index (χ1) is 15.1. The molecule has 1 aromatic heterocycles. The second-order valence-corrected chi connectivity index (χ2v) is 8.21. The van der Waals surface area contributed by atoms with E-state index >= 15 is 0 Å². The highest BCUT2D eigenvalue weighted by atomic mass is 79.9. The molecule has 10 heteroatoms. The molecule has 1 aliphatic carbocycles. The van der Waals surface area contributed by atoms with Crippen molar-refractivity contribution in [2.24, 2.45) is 0 Å². The lowest BCUT2D eigenvalue weighted by Crippen LogP contribution is -2.23. The van der Waals surface area contributed by atoms with Crippen LogP contribution in [0.2, 0.25) is 0 Å². The molecule has 0 fully saturated rings. The van der Waals surface area contributed by atoms with Crippen molar-refractivity contribution in [3.8, 4) is 11.3 Å². The summed E-state index contributed by atoms with van der Waals surface area (Å²) in [7, 11) is 0. The molecule has 1 aliphatic rings. The normalized spacial score (nSPS) is 13.7. The minimum atomic E-state index is -4.76. The summed E-state index contributed by atoms with van der Waals surface area (Å²) in [5.41, 5.74) is -0.807. The molecule has 4 rings (SSSR count). The largest absolute Gasteiger partial charge is 0.478 e. The van der Waals surface area contributed by atoms with Crippen LogP contribution in [0, 0.1) is 5.82 Å². The third-order valence-corrected chi connectivity index (χ3v) is 6.04. The van der Waals surface area contributed by atoms with Gasteiger partial charge >= 0.3 is 12.1 Å². The predicted octanol–water partition coefficient (Wildman–Crippen LogP) is 5.74. The summed E-state index contributed by atoms with van der Waals surface area (Å²) in [6.07, 6.45) is -2.44. The van der Waals surface area contributed by atoms with Gasteiger partial charge in [-0.15, -0.1) is 0 Å². The van der Waals surface area contributed by atoms with Gasteiger partial charge in [0.25, 0.3) is 5.91 Å². The van der Waals surface area contributed by atoms with E-state index in [4.69, 9.17) is 5.11 Å². The summed E-state index contributed by atoms with van der Waals surface area (Å²) in [4.78, 5) is 24.4. The SMILES string of the molecule is O=C(O)c1ccc(-c2nn(C(=O)c3c(Br)cccc3C(F)(F)F)c3c2CCCC3)c(F)c1. The van der Waals surface area contributed by atoms with E-state index in [0.717, 1.165) is 23.2 Å². The lowest BCUT2D eigenvalue weighted by molar-refractivity contribution is -0.138. The van der Waals surface area contributed by atoms with Crippen molar-refractivity contribution in [3.05, 3.63) is 74.6 Å². The molecule has 0 amide bonds. The van der Waals surface area contributed by atoms with Crippen LogP contribution in [0.5, 0.6) is 0 Å². The molecule has 0 bridgehead atoms. The first-order valence-corrected chi connectivity index (χ1v) is 10.4. The molecule has 0 saturated carbocycles. The third-order valence-electron chi connectivity index (χ3n) is 5.38. The number of rotatable bonds is 3. The Morgan fingerprint density at radius 3 is 2.47 bits per heavy atom. The molecule has 166 valence electrons. The smallest absolute Gasteiger partial charge is 0.417 e. The minimum Gasteiger partial charge on any atom is -0.478 e. The summed E-state index contributed by atoms with van der Waals surface area (Å²) >= 11 is 3.04. The van der Waals surface area contributed by atoms with Crippen molar-refractivity contribution in [1.29, 1.82) is 0 Å². The van der Waals surface area contributed by atoms with Gasteiger partial charge in [0, 0.05) is 15.6 Å². The lowest BCUT2D eigenvalue weighted by Gasteiger charge is -2.16. The number of carbonyl (C=O) groups is 2. The number of hydrogen-bond acceptors (Lipinski definition) is 3. The number of aromatic carboxylic acids is 1. The zero-order chi connectivity index (χ0) is 23.2. The number of nitrogens with zero attached hydrogens (tertiary/aromatic N) is 2. The van der Waals surface area contributed by atoms with Crippen LogP contribution in [-0.2, 0) is 19.0 Å². The number of fused-ring (bicyclic) bond motifs is 1. The zero-order valence-electron chi connectivity index (χ0n) is 16.3. The van der Waals surface area contributed by atoms with Crippen LogP contribution in [0.15, 0.2) is 40.9 Å². The Labute approximate surface area is 187 Å². The maximum Gasteiger partial charge on any atom is 0.417 e. The van der Waals surface area contributed by atoms with Gasteiger partial charge in [-0.3, -0.25) is 4.79 Å². The summed E-state index contributed by atoms with van der Waals surface area (Å²) in [6, 6.07) is 6.66. The Bertz CT molecular complexity index is 1250. The number of halogens is 5. The Balaban J connectivity index is 1.90. The molecule has 1 N–H and O–H groups in total. The van der Waals surface area contributed by atoms with Crippen molar-refractivity contribution in [2.75, 3.05) is 0 Å². The Hall–Kier alpha value is -3.01. The second kappa shape index (κ2) is 8.16. The van der Waals surface area contributed by atoms with E-state index < -0.39 is 35.0 Å². The molecular weight excluding hydrogens is 496 g/mol. The van der Waals surface area contributed by atoms with Crippen molar-refractivity contribution in [3.63, 3.8) is 0 Å². The van der Waals surface area contributed by atoms with E-state index in [2.05, 4.69) is 21.0 Å². The topological polar surface area (TPSA) is 72.2 Å². The fourth-order valence-corrected chi connectivity index (χ4v) is 4.44. The van der Waals surface area contributed by atoms with Crippen LogP contribution >= 0.6 is 15.9 Å². The first kappa shape index (κ1) is 22.2. The Morgan fingerprint density at radius 1 is 1.09 bits per heavy atom. The number of carbonyl (C=O) groups excluding carboxylic acids is 1. The average molecular weight is 511 g/mol. The molecular formula is C22H15BrF4N2O3. The number of benzene rings is 2. The highest BCUT2D eigenvalue weighted by Crippen LogP contribution is 2.37. The van der Waals surface area contributed by atoms with Crippen LogP contribution in [-0.4, -0.2) is 26.8 Å². The van der Waals surface area contributed by atoms with Crippen LogP contribution in [0.4, 0.5) is 17.6 Å². The minimum absolute atomic E-state index is 0.0112. The van der Waals surface area contributed by atoms with Gasteiger partial charge in [-0.1, -0.05) is 6.07 Å². The lowest BCUT2D eigenvalue weighted by atomic mass is 9.93. The Kier molecular flexibility index (Phi) is 5.66. The number of carboxylic acids is 1. The molecule has 0 saturated heterocycles. The van der Waals surface area contributed by atoms with Crippen molar-refractivity contribution >= 4 is 27.8 Å². The molecule has 2 aromatic carbocycles. The van der Waals surface area contributed by atoms with Crippen molar-refractivity contribution in [1.82, 2.24) is 9.78 Å². The molecule has 0 aliphatic heterocycles. The fourth-order valence-electron chi connectivity index (χ4n) is 3.91. The maximum atomic E-state index is 14.7. The van der Waals surface area contributed by atoms with E-state index in [1.807, 2.05) is 0 Å². The summed E-state index contributed by atoms with van der Waals surface area (Å²) in [5, 5.41) is 13.3. The molecule has 5 nitrogen and oxygen atoms in total. The predicted molar refractivity (Wildman–Crippen MR) is 110 cm³/mol. The standard InChI is InChI=1S/C22H15BrF4N2O3/c23-15-6-3-5-14(22(25,26)27)18(15)20(30)29-17-7-2-1-4-13(17)19(28-29)12-9-8-11(21(31)32)10-16(12)24/h3,5-6,8-10H,1-2,4,7H2,(H,31,32). The van der Waals surface area contributed by atoms with Gasteiger partial charge < -0.3 is 5.11 Å². The van der Waals surface area contributed by atoms with Crippen LogP contribution < -0.4 is 0 Å². The van der Waals surface area contributed by atoms with Gasteiger partial charge in [0.2, 0.25) is 0 Å². The van der Waals surface area contributed by atoms with Crippen molar-refractivity contribution < 1.29 is 32.3 Å². The zero-order valence-corrected chi connectivity index (χ0v) is 17.9. The van der Waals surface area contributed by atoms with Gasteiger partial charge in [-0.25, -0.2) is 9.18 Å². The molecule has 0 radical (unpaired) electrons. The summed E-state index contributed by atoms with van der Waals surface area (Å²) in [5.74, 6) is -3.11. The van der Waals surface area contributed by atoms with Crippen LogP contribution in [0.3, 0.4) is 0 Å². The molecule has 0 atom stereocenters. The maximum absolute atomic E-state index is 14.7. The van der Waals surface area contributed by atoms with Gasteiger partial charge in [0.1, 0.15) is 5.82 Å². The van der Waals surface area contributed by atoms with Crippen LogP contribution in [0.25, 0.3) is 11.3 Å². The van der Waals surface area contributed by atoms with E-state index in [1.54, 1.807) is 0 Å². The monoisotopic (exact) mass is 510 g/mol. The third kappa shape index (κ3) is 3.83. The van der Waals surface area contributed by atoms with Gasteiger partial charge in [-0.2, -0.15) is 23.0 Å². The fraction of sp³-hybridized carbons (Fsp3) is 0.227. The first-order valence-electron chi connectivity index (χ1n) is 9.64. The van der Waals surface area contributed by atoms with Gasteiger partial charge in [-0.05, 0) is 71.9 Å². The van der Waals surface area contributed by atoms with E-state index in [9.17, 15) is 27.2 Å². The highest BCUT2D eigenvalue weighted by Gasteiger charge is 2.38. The Morgan fingerprint density at radius 2 is 1.81 bits per heavy atom. The second-order valence-electron chi connectivity index (χ2n) is 7.36.